The maximum Gasteiger partial charge on any atom is 0.197 e. The van der Waals surface area contributed by atoms with Crippen molar-refractivity contribution in [3.8, 4) is 28.9 Å². The van der Waals surface area contributed by atoms with Crippen LogP contribution in [-0.4, -0.2) is 26.6 Å². The molecule has 3 rings (SSSR count). The van der Waals surface area contributed by atoms with Crippen molar-refractivity contribution in [1.29, 1.82) is 5.26 Å². The lowest BCUT2D eigenvalue weighted by molar-refractivity contribution is 0.340. The van der Waals surface area contributed by atoms with Crippen molar-refractivity contribution >= 4 is 11.8 Å². The first kappa shape index (κ1) is 18.0. The third-order valence-corrected chi connectivity index (χ3v) is 4.71. The molecule has 5 nitrogen and oxygen atoms in total. The number of rotatable bonds is 6. The van der Waals surface area contributed by atoms with Crippen molar-refractivity contribution in [3.05, 3.63) is 54.1 Å². The molecule has 0 aliphatic heterocycles. The second-order valence-electron chi connectivity index (χ2n) is 5.83. The molecule has 0 aliphatic carbocycles. The van der Waals surface area contributed by atoms with Crippen LogP contribution in [0.15, 0.2) is 53.7 Å². The molecule has 0 spiro atoms. The Balaban J connectivity index is 2.10. The second-order valence-corrected chi connectivity index (χ2v) is 7.14. The Hall–Kier alpha value is -2.78. The first-order chi connectivity index (χ1) is 12.6. The van der Waals surface area contributed by atoms with E-state index >= 15 is 0 Å². The summed E-state index contributed by atoms with van der Waals surface area (Å²) in [4.78, 5) is 0. The second kappa shape index (κ2) is 8.07. The standard InChI is InChI=1S/C20H20N4OS/c1-4-25-18-10-8-17(9-11-18)24-19(16-7-5-6-14(2)12-16)22-23-20(24)26-15(3)13-21/h5-12,15H,4H2,1-3H3/t15-/m0/s1. The summed E-state index contributed by atoms with van der Waals surface area (Å²) in [5.41, 5.74) is 3.08. The van der Waals surface area contributed by atoms with Crippen molar-refractivity contribution in [2.24, 2.45) is 0 Å². The highest BCUT2D eigenvalue weighted by Crippen LogP contribution is 2.30. The zero-order chi connectivity index (χ0) is 18.5. The van der Waals surface area contributed by atoms with Crippen LogP contribution >= 0.6 is 11.8 Å². The summed E-state index contributed by atoms with van der Waals surface area (Å²) in [6.45, 7) is 6.49. The van der Waals surface area contributed by atoms with Gasteiger partial charge in [0, 0.05) is 11.3 Å². The molecule has 0 N–H and O–H groups in total. The molecule has 0 amide bonds. The Morgan fingerprint density at radius 1 is 1.19 bits per heavy atom. The number of thioether (sulfide) groups is 1. The predicted molar refractivity (Wildman–Crippen MR) is 104 cm³/mol. The molecule has 0 radical (unpaired) electrons. The molecular formula is C20H20N4OS. The molecule has 6 heteroatoms. The van der Waals surface area contributed by atoms with Gasteiger partial charge in [-0.3, -0.25) is 4.57 Å². The van der Waals surface area contributed by atoms with Gasteiger partial charge in [-0.25, -0.2) is 0 Å². The fourth-order valence-electron chi connectivity index (χ4n) is 2.59. The molecule has 1 atom stereocenters. The Kier molecular flexibility index (Phi) is 5.59. The van der Waals surface area contributed by atoms with E-state index < -0.39 is 0 Å². The molecule has 132 valence electrons. The van der Waals surface area contributed by atoms with Crippen LogP contribution in [-0.2, 0) is 0 Å². The van der Waals surface area contributed by atoms with Gasteiger partial charge in [0.1, 0.15) is 5.75 Å². The zero-order valence-electron chi connectivity index (χ0n) is 15.0. The number of hydrogen-bond donors (Lipinski definition) is 0. The molecular weight excluding hydrogens is 344 g/mol. The molecule has 3 aromatic rings. The molecule has 0 aliphatic rings. The number of aryl methyl sites for hydroxylation is 1. The van der Waals surface area contributed by atoms with Gasteiger partial charge >= 0.3 is 0 Å². The lowest BCUT2D eigenvalue weighted by Crippen LogP contribution is -2.02. The first-order valence-electron chi connectivity index (χ1n) is 8.44. The number of nitrogens with zero attached hydrogens (tertiary/aromatic N) is 4. The highest BCUT2D eigenvalue weighted by molar-refractivity contribution is 8.00. The Morgan fingerprint density at radius 2 is 1.96 bits per heavy atom. The molecule has 0 saturated heterocycles. The van der Waals surface area contributed by atoms with Crippen LogP contribution < -0.4 is 4.74 Å². The third kappa shape index (κ3) is 3.89. The van der Waals surface area contributed by atoms with Crippen LogP contribution in [0.1, 0.15) is 19.4 Å². The van der Waals surface area contributed by atoms with E-state index in [1.54, 1.807) is 0 Å². The molecule has 1 aromatic heterocycles. The topological polar surface area (TPSA) is 63.7 Å². The van der Waals surface area contributed by atoms with Crippen LogP contribution in [0.3, 0.4) is 0 Å². The van der Waals surface area contributed by atoms with Gasteiger partial charge in [-0.2, -0.15) is 5.26 Å². The zero-order valence-corrected chi connectivity index (χ0v) is 15.8. The fraction of sp³-hybridized carbons (Fsp3) is 0.250. The fourth-order valence-corrected chi connectivity index (χ4v) is 3.35. The molecule has 0 saturated carbocycles. The van der Waals surface area contributed by atoms with E-state index in [1.165, 1.54) is 11.8 Å². The molecule has 0 unspecified atom stereocenters. The number of ether oxygens (including phenoxy) is 1. The van der Waals surface area contributed by atoms with Crippen molar-refractivity contribution in [2.75, 3.05) is 6.61 Å². The average Bonchev–Trinajstić information content (AvgIpc) is 3.06. The summed E-state index contributed by atoms with van der Waals surface area (Å²) in [6.07, 6.45) is 0. The van der Waals surface area contributed by atoms with E-state index in [0.29, 0.717) is 11.8 Å². The number of aromatic nitrogens is 3. The first-order valence-corrected chi connectivity index (χ1v) is 9.32. The van der Waals surface area contributed by atoms with Gasteiger partial charge < -0.3 is 4.74 Å². The number of hydrogen-bond acceptors (Lipinski definition) is 5. The predicted octanol–water partition coefficient (Wildman–Crippen LogP) is 4.65. The van der Waals surface area contributed by atoms with Gasteiger partial charge in [-0.1, -0.05) is 35.5 Å². The van der Waals surface area contributed by atoms with Crippen LogP contribution in [0.2, 0.25) is 0 Å². The van der Waals surface area contributed by atoms with Crippen molar-refractivity contribution in [1.82, 2.24) is 14.8 Å². The smallest absolute Gasteiger partial charge is 0.197 e. The van der Waals surface area contributed by atoms with Crippen LogP contribution in [0.25, 0.3) is 17.1 Å². The van der Waals surface area contributed by atoms with E-state index in [2.05, 4.69) is 35.3 Å². The van der Waals surface area contributed by atoms with E-state index in [-0.39, 0.29) is 5.25 Å². The Labute approximate surface area is 157 Å². The van der Waals surface area contributed by atoms with Crippen LogP contribution in [0.4, 0.5) is 0 Å². The minimum absolute atomic E-state index is 0.217. The van der Waals surface area contributed by atoms with E-state index in [0.717, 1.165) is 28.4 Å². The maximum atomic E-state index is 9.17. The van der Waals surface area contributed by atoms with E-state index in [9.17, 15) is 0 Å². The highest BCUT2D eigenvalue weighted by Gasteiger charge is 2.18. The largest absolute Gasteiger partial charge is 0.494 e. The quantitative estimate of drug-likeness (QED) is 0.596. The summed E-state index contributed by atoms with van der Waals surface area (Å²) in [6, 6.07) is 18.2. The summed E-state index contributed by atoms with van der Waals surface area (Å²) >= 11 is 1.40. The van der Waals surface area contributed by atoms with Gasteiger partial charge in [-0.15, -0.1) is 10.2 Å². The lowest BCUT2D eigenvalue weighted by Gasteiger charge is -2.12. The monoisotopic (exact) mass is 364 g/mol. The highest BCUT2D eigenvalue weighted by atomic mass is 32.2. The lowest BCUT2D eigenvalue weighted by atomic mass is 10.1. The number of benzene rings is 2. The maximum absolute atomic E-state index is 9.17. The van der Waals surface area contributed by atoms with Gasteiger partial charge in [0.05, 0.1) is 17.9 Å². The Bertz CT molecular complexity index is 928. The van der Waals surface area contributed by atoms with Gasteiger partial charge in [0.25, 0.3) is 0 Å². The normalized spacial score (nSPS) is 11.8. The third-order valence-electron chi connectivity index (χ3n) is 3.78. The molecule has 0 bridgehead atoms. The Morgan fingerprint density at radius 3 is 2.62 bits per heavy atom. The summed E-state index contributed by atoms with van der Waals surface area (Å²) < 4.78 is 7.52. The molecule has 26 heavy (non-hydrogen) atoms. The minimum Gasteiger partial charge on any atom is -0.494 e. The van der Waals surface area contributed by atoms with Crippen molar-refractivity contribution in [3.63, 3.8) is 0 Å². The van der Waals surface area contributed by atoms with Gasteiger partial charge in [0.2, 0.25) is 0 Å². The van der Waals surface area contributed by atoms with Gasteiger partial charge in [0.15, 0.2) is 11.0 Å². The van der Waals surface area contributed by atoms with Crippen LogP contribution in [0, 0.1) is 18.3 Å². The SMILES string of the molecule is CCOc1ccc(-n2c(S[C@@H](C)C#N)nnc2-c2cccc(C)c2)cc1. The molecule has 0 fully saturated rings. The molecule has 1 heterocycles. The summed E-state index contributed by atoms with van der Waals surface area (Å²) in [7, 11) is 0. The van der Waals surface area contributed by atoms with Gasteiger partial charge in [-0.05, 0) is 51.1 Å². The van der Waals surface area contributed by atoms with Crippen molar-refractivity contribution in [2.45, 2.75) is 31.2 Å². The molecule has 2 aromatic carbocycles. The average molecular weight is 364 g/mol. The van der Waals surface area contributed by atoms with Crippen molar-refractivity contribution < 1.29 is 4.74 Å². The summed E-state index contributed by atoms with van der Waals surface area (Å²) in [5.74, 6) is 1.58. The van der Waals surface area contributed by atoms with E-state index in [4.69, 9.17) is 10.00 Å². The summed E-state index contributed by atoms with van der Waals surface area (Å²) in [5, 5.41) is 18.4. The minimum atomic E-state index is -0.217. The van der Waals surface area contributed by atoms with E-state index in [1.807, 2.05) is 54.8 Å². The number of nitriles is 1. The van der Waals surface area contributed by atoms with Crippen LogP contribution in [0.5, 0.6) is 5.75 Å².